The molecular formula is C14H13Br2NS2. The average Bonchev–Trinajstić information content (AvgIpc) is 2.65. The molecule has 0 amide bonds. The molecule has 3 rings (SSSR count). The second-order valence-corrected chi connectivity index (χ2v) is 8.33. The Balaban J connectivity index is 2.29. The van der Waals surface area contributed by atoms with E-state index in [9.17, 15) is 0 Å². The van der Waals surface area contributed by atoms with Gasteiger partial charge in [-0.3, -0.25) is 4.57 Å². The second kappa shape index (κ2) is 5.43. The third-order valence-corrected chi connectivity index (χ3v) is 6.03. The van der Waals surface area contributed by atoms with Crippen LogP contribution < -0.4 is 0 Å². The van der Waals surface area contributed by atoms with Crippen molar-refractivity contribution in [3.05, 3.63) is 41.2 Å². The highest BCUT2D eigenvalue weighted by molar-refractivity contribution is 9.11. The van der Waals surface area contributed by atoms with Crippen molar-refractivity contribution in [2.45, 2.75) is 32.6 Å². The Morgan fingerprint density at radius 2 is 1.95 bits per heavy atom. The molecule has 0 N–H and O–H groups in total. The Labute approximate surface area is 138 Å². The van der Waals surface area contributed by atoms with E-state index in [-0.39, 0.29) is 0 Å². The molecular weight excluding hydrogens is 406 g/mol. The molecule has 1 heterocycles. The first-order valence-corrected chi connectivity index (χ1v) is 9.08. The van der Waals surface area contributed by atoms with E-state index in [4.69, 9.17) is 12.2 Å². The van der Waals surface area contributed by atoms with Gasteiger partial charge in [0.2, 0.25) is 0 Å². The van der Waals surface area contributed by atoms with E-state index >= 15 is 0 Å². The molecule has 1 aromatic heterocycles. The van der Waals surface area contributed by atoms with Gasteiger partial charge < -0.3 is 0 Å². The minimum Gasteiger partial charge on any atom is -0.294 e. The molecule has 0 bridgehead atoms. The molecule has 0 atom stereocenters. The van der Waals surface area contributed by atoms with Crippen LogP contribution in [0.15, 0.2) is 21.1 Å². The lowest BCUT2D eigenvalue weighted by atomic mass is 10.0. The van der Waals surface area contributed by atoms with Crippen LogP contribution in [0.2, 0.25) is 0 Å². The van der Waals surface area contributed by atoms with E-state index in [0.29, 0.717) is 0 Å². The Bertz CT molecular complexity index is 677. The molecule has 0 radical (unpaired) electrons. The fourth-order valence-corrected chi connectivity index (χ4v) is 5.85. The minimum absolute atomic E-state index is 0.970. The summed E-state index contributed by atoms with van der Waals surface area (Å²) in [5.74, 6) is 0. The zero-order chi connectivity index (χ0) is 13.6. The Morgan fingerprint density at radius 1 is 1.21 bits per heavy atom. The molecule has 0 fully saturated rings. The lowest BCUT2D eigenvalue weighted by molar-refractivity contribution is 0.665. The first kappa shape index (κ1) is 14.0. The molecule has 1 aromatic carbocycles. The third kappa shape index (κ3) is 2.50. The average molecular weight is 419 g/mol. The Morgan fingerprint density at radius 3 is 2.68 bits per heavy atom. The number of aromatic nitrogens is 1. The van der Waals surface area contributed by atoms with E-state index < -0.39 is 0 Å². The summed E-state index contributed by atoms with van der Waals surface area (Å²) in [7, 11) is 0. The van der Waals surface area contributed by atoms with Crippen LogP contribution in [0, 0.1) is 10.9 Å². The molecule has 1 nitrogen and oxygen atoms in total. The van der Waals surface area contributed by atoms with Gasteiger partial charge in [-0.05, 0) is 78.5 Å². The number of hydrogen-bond donors (Lipinski definition) is 0. The molecule has 19 heavy (non-hydrogen) atoms. The summed E-state index contributed by atoms with van der Waals surface area (Å²) >= 11 is 14.6. The van der Waals surface area contributed by atoms with Crippen molar-refractivity contribution in [1.82, 2.24) is 4.57 Å². The Kier molecular flexibility index (Phi) is 4.00. The van der Waals surface area contributed by atoms with Crippen LogP contribution in [0.4, 0.5) is 0 Å². The number of aryl methyl sites for hydroxylation is 2. The largest absolute Gasteiger partial charge is 0.294 e. The number of rotatable bonds is 1. The van der Waals surface area contributed by atoms with Crippen LogP contribution in [0.3, 0.4) is 0 Å². The first-order chi connectivity index (χ1) is 9.08. The smallest absolute Gasteiger partial charge is 0.166 e. The highest BCUT2D eigenvalue weighted by Gasteiger charge is 2.20. The summed E-state index contributed by atoms with van der Waals surface area (Å²) in [5, 5.41) is 0. The van der Waals surface area contributed by atoms with E-state index in [1.807, 2.05) is 0 Å². The van der Waals surface area contributed by atoms with Crippen molar-refractivity contribution in [3.63, 3.8) is 0 Å². The van der Waals surface area contributed by atoms with Crippen LogP contribution >= 0.6 is 55.4 Å². The normalized spacial score (nSPS) is 14.5. The van der Waals surface area contributed by atoms with Gasteiger partial charge in [-0.25, -0.2) is 0 Å². The van der Waals surface area contributed by atoms with Crippen LogP contribution in [-0.2, 0) is 12.8 Å². The van der Waals surface area contributed by atoms with Crippen LogP contribution in [0.1, 0.15) is 29.0 Å². The third-order valence-electron chi connectivity index (χ3n) is 3.49. The molecule has 0 saturated carbocycles. The minimum atomic E-state index is 0.970. The van der Waals surface area contributed by atoms with E-state index in [1.54, 1.807) is 11.3 Å². The van der Waals surface area contributed by atoms with Gasteiger partial charge in [0.15, 0.2) is 3.95 Å². The lowest BCUT2D eigenvalue weighted by Crippen LogP contribution is -2.08. The molecule has 100 valence electrons. The van der Waals surface area contributed by atoms with Crippen molar-refractivity contribution >= 4 is 55.4 Å². The van der Waals surface area contributed by atoms with Crippen molar-refractivity contribution < 1.29 is 0 Å². The highest BCUT2D eigenvalue weighted by atomic mass is 79.9. The van der Waals surface area contributed by atoms with Gasteiger partial charge in [0.25, 0.3) is 0 Å². The predicted octanol–water partition coefficient (Wildman–Crippen LogP) is 5.98. The maximum Gasteiger partial charge on any atom is 0.166 e. The van der Waals surface area contributed by atoms with Gasteiger partial charge in [-0.15, -0.1) is 11.3 Å². The van der Waals surface area contributed by atoms with Crippen molar-refractivity contribution in [2.75, 3.05) is 0 Å². The molecule has 1 aliphatic rings. The standard InChI is InChI=1S/C14H13Br2NS2/c1-8-6-9(15)7-10(16)13(8)17-11-4-2-3-5-12(11)19-14(17)18/h6-7H,2-5H2,1H3. The van der Waals surface area contributed by atoms with Gasteiger partial charge in [0.05, 0.1) is 5.69 Å². The van der Waals surface area contributed by atoms with Crippen LogP contribution in [0.25, 0.3) is 5.69 Å². The van der Waals surface area contributed by atoms with Crippen molar-refractivity contribution in [3.8, 4) is 5.69 Å². The quantitative estimate of drug-likeness (QED) is 0.515. The molecule has 5 heteroatoms. The zero-order valence-electron chi connectivity index (χ0n) is 10.5. The van der Waals surface area contributed by atoms with Crippen LogP contribution in [-0.4, -0.2) is 4.57 Å². The number of halogens is 2. The van der Waals surface area contributed by atoms with Crippen molar-refractivity contribution in [2.24, 2.45) is 0 Å². The predicted molar refractivity (Wildman–Crippen MR) is 91.3 cm³/mol. The highest BCUT2D eigenvalue weighted by Crippen LogP contribution is 2.35. The topological polar surface area (TPSA) is 4.93 Å². The summed E-state index contributed by atoms with van der Waals surface area (Å²) < 4.78 is 5.44. The fraction of sp³-hybridized carbons (Fsp3) is 0.357. The summed E-state index contributed by atoms with van der Waals surface area (Å²) in [6.45, 7) is 2.14. The summed E-state index contributed by atoms with van der Waals surface area (Å²) in [4.78, 5) is 1.48. The maximum atomic E-state index is 5.60. The van der Waals surface area contributed by atoms with Crippen molar-refractivity contribution in [1.29, 1.82) is 0 Å². The van der Waals surface area contributed by atoms with E-state index in [1.165, 1.54) is 41.1 Å². The molecule has 0 aliphatic heterocycles. The number of thiazole rings is 1. The zero-order valence-corrected chi connectivity index (χ0v) is 15.3. The van der Waals surface area contributed by atoms with Gasteiger partial charge >= 0.3 is 0 Å². The molecule has 1 aliphatic carbocycles. The number of nitrogens with zero attached hydrogens (tertiary/aromatic N) is 1. The van der Waals surface area contributed by atoms with E-state index in [0.717, 1.165) is 19.3 Å². The fourth-order valence-electron chi connectivity index (χ4n) is 2.67. The van der Waals surface area contributed by atoms with Gasteiger partial charge in [0.1, 0.15) is 0 Å². The lowest BCUT2D eigenvalue weighted by Gasteiger charge is -2.17. The van der Waals surface area contributed by atoms with E-state index in [2.05, 4.69) is 55.5 Å². The number of fused-ring (bicyclic) bond motifs is 1. The number of benzene rings is 1. The maximum absolute atomic E-state index is 5.60. The summed E-state index contributed by atoms with van der Waals surface area (Å²) in [5.41, 5.74) is 3.86. The van der Waals surface area contributed by atoms with Gasteiger partial charge in [0, 0.05) is 19.5 Å². The Hall–Kier alpha value is 0.0300. The molecule has 0 spiro atoms. The summed E-state index contributed by atoms with van der Waals surface area (Å²) in [6.07, 6.45) is 4.89. The molecule has 0 saturated heterocycles. The summed E-state index contributed by atoms with van der Waals surface area (Å²) in [6, 6.07) is 4.24. The first-order valence-electron chi connectivity index (χ1n) is 6.27. The molecule has 2 aromatic rings. The second-order valence-electron chi connectivity index (χ2n) is 4.83. The van der Waals surface area contributed by atoms with Crippen LogP contribution in [0.5, 0.6) is 0 Å². The molecule has 0 unspecified atom stereocenters. The van der Waals surface area contributed by atoms with Gasteiger partial charge in [-0.2, -0.15) is 0 Å². The van der Waals surface area contributed by atoms with Gasteiger partial charge in [-0.1, -0.05) is 15.9 Å². The SMILES string of the molecule is Cc1cc(Br)cc(Br)c1-n1c2c(sc1=S)CCCC2. The number of hydrogen-bond acceptors (Lipinski definition) is 2. The monoisotopic (exact) mass is 417 g/mol.